The van der Waals surface area contributed by atoms with Gasteiger partial charge in [0.15, 0.2) is 6.61 Å². The molecule has 1 amide bonds. The summed E-state index contributed by atoms with van der Waals surface area (Å²) < 4.78 is 30.4. The van der Waals surface area contributed by atoms with Crippen LogP contribution in [0.15, 0.2) is 24.3 Å². The van der Waals surface area contributed by atoms with Crippen molar-refractivity contribution in [2.45, 2.75) is 6.10 Å². The van der Waals surface area contributed by atoms with Gasteiger partial charge in [-0.25, -0.2) is 12.7 Å². The molecule has 1 aromatic rings. The molecule has 1 heterocycles. The Morgan fingerprint density at radius 3 is 2.75 bits per heavy atom. The van der Waals surface area contributed by atoms with E-state index in [-0.39, 0.29) is 31.4 Å². The Balaban J connectivity index is 1.90. The Bertz CT molecular complexity index is 695. The minimum atomic E-state index is -3.43. The van der Waals surface area contributed by atoms with Gasteiger partial charge in [0.1, 0.15) is 5.75 Å². The topological polar surface area (TPSA) is 87.2 Å². The van der Waals surface area contributed by atoms with Gasteiger partial charge in [-0.3, -0.25) is 4.79 Å². The molecule has 1 N–H and O–H groups in total. The van der Waals surface area contributed by atoms with E-state index in [2.05, 4.69) is 0 Å². The number of β-amino-alcohol motifs (C(OH)–C–C–N with tert-alkyl or cyclic N) is 1. The van der Waals surface area contributed by atoms with Crippen LogP contribution in [-0.4, -0.2) is 74.3 Å². The minimum Gasteiger partial charge on any atom is -0.484 e. The first-order valence-corrected chi connectivity index (χ1v) is 9.42. The van der Waals surface area contributed by atoms with E-state index < -0.39 is 22.0 Å². The monoisotopic (exact) mass is 376 g/mol. The lowest BCUT2D eigenvalue weighted by Crippen LogP contribution is -2.35. The van der Waals surface area contributed by atoms with E-state index in [1.54, 1.807) is 24.3 Å². The fourth-order valence-electron chi connectivity index (χ4n) is 2.43. The third-order valence-corrected chi connectivity index (χ3v) is 6.10. The minimum absolute atomic E-state index is 0.103. The summed E-state index contributed by atoms with van der Waals surface area (Å²) >= 11 is 5.84. The zero-order valence-corrected chi connectivity index (χ0v) is 15.1. The van der Waals surface area contributed by atoms with Crippen molar-refractivity contribution >= 4 is 27.5 Å². The molecule has 2 atom stereocenters. The molecular weight excluding hydrogens is 356 g/mol. The number of likely N-dealkylation sites (tertiary alicyclic amines) is 1. The first kappa shape index (κ1) is 19.0. The van der Waals surface area contributed by atoms with Gasteiger partial charge in [0, 0.05) is 38.1 Å². The highest BCUT2D eigenvalue weighted by molar-refractivity contribution is 7.89. The second-order valence-electron chi connectivity index (χ2n) is 5.93. The summed E-state index contributed by atoms with van der Waals surface area (Å²) in [6.07, 6.45) is -0.866. The number of nitrogens with zero attached hydrogens (tertiary/aromatic N) is 2. The van der Waals surface area contributed by atoms with E-state index >= 15 is 0 Å². The van der Waals surface area contributed by atoms with Crippen molar-refractivity contribution in [3.8, 4) is 5.75 Å². The van der Waals surface area contributed by atoms with Gasteiger partial charge >= 0.3 is 0 Å². The van der Waals surface area contributed by atoms with Gasteiger partial charge in [-0.05, 0) is 18.2 Å². The summed E-state index contributed by atoms with van der Waals surface area (Å²) in [6, 6.07) is 6.69. The molecule has 1 fully saturated rings. The van der Waals surface area contributed by atoms with Crippen LogP contribution in [0.25, 0.3) is 0 Å². The maximum Gasteiger partial charge on any atom is 0.260 e. The van der Waals surface area contributed by atoms with Crippen molar-refractivity contribution < 1.29 is 23.1 Å². The fraction of sp³-hybridized carbons (Fsp3) is 0.533. The van der Waals surface area contributed by atoms with Crippen molar-refractivity contribution in [3.05, 3.63) is 29.3 Å². The van der Waals surface area contributed by atoms with E-state index in [1.165, 1.54) is 19.0 Å². The lowest BCUT2D eigenvalue weighted by molar-refractivity contribution is -0.132. The van der Waals surface area contributed by atoms with Crippen LogP contribution in [0.3, 0.4) is 0 Å². The van der Waals surface area contributed by atoms with Crippen LogP contribution in [0.5, 0.6) is 5.75 Å². The van der Waals surface area contributed by atoms with Crippen LogP contribution >= 0.6 is 11.6 Å². The number of hydrogen-bond donors (Lipinski definition) is 1. The molecule has 0 saturated carbocycles. The number of halogens is 1. The number of carbonyl (C=O) groups excluding carboxylic acids is 1. The normalized spacial score (nSPS) is 21.3. The van der Waals surface area contributed by atoms with E-state index in [9.17, 15) is 18.3 Å². The average molecular weight is 377 g/mol. The van der Waals surface area contributed by atoms with Gasteiger partial charge in [0.2, 0.25) is 10.0 Å². The molecule has 2 rings (SSSR count). The van der Waals surface area contributed by atoms with E-state index in [0.717, 1.165) is 4.31 Å². The second-order valence-corrected chi connectivity index (χ2v) is 8.60. The van der Waals surface area contributed by atoms with Crippen LogP contribution in [-0.2, 0) is 14.8 Å². The van der Waals surface area contributed by atoms with Crippen LogP contribution < -0.4 is 4.74 Å². The number of sulfonamides is 1. The molecule has 1 aliphatic heterocycles. The molecule has 1 aromatic carbocycles. The van der Waals surface area contributed by atoms with Crippen LogP contribution in [0.2, 0.25) is 5.02 Å². The third kappa shape index (κ3) is 4.83. The molecule has 134 valence electrons. The molecule has 9 heteroatoms. The van der Waals surface area contributed by atoms with Crippen molar-refractivity contribution in [1.29, 1.82) is 0 Å². The van der Waals surface area contributed by atoms with E-state index in [0.29, 0.717) is 10.8 Å². The third-order valence-electron chi connectivity index (χ3n) is 3.90. The number of ether oxygens (including phenoxy) is 1. The van der Waals surface area contributed by atoms with Crippen molar-refractivity contribution in [3.63, 3.8) is 0 Å². The molecule has 0 bridgehead atoms. The molecule has 24 heavy (non-hydrogen) atoms. The molecule has 0 aliphatic carbocycles. The van der Waals surface area contributed by atoms with Crippen LogP contribution in [0.4, 0.5) is 0 Å². The summed E-state index contributed by atoms with van der Waals surface area (Å²) in [5, 5.41) is 10.5. The van der Waals surface area contributed by atoms with Crippen molar-refractivity contribution in [1.82, 2.24) is 9.21 Å². The number of amides is 1. The Kier molecular flexibility index (Phi) is 6.08. The van der Waals surface area contributed by atoms with Crippen LogP contribution in [0.1, 0.15) is 0 Å². The lowest BCUT2D eigenvalue weighted by Gasteiger charge is -2.18. The van der Waals surface area contributed by atoms with Crippen molar-refractivity contribution in [2.24, 2.45) is 5.92 Å². The number of carbonyl (C=O) groups is 1. The van der Waals surface area contributed by atoms with Crippen LogP contribution in [0, 0.1) is 5.92 Å². The van der Waals surface area contributed by atoms with E-state index in [1.807, 2.05) is 0 Å². The zero-order chi connectivity index (χ0) is 17.9. The number of benzene rings is 1. The zero-order valence-electron chi connectivity index (χ0n) is 13.6. The van der Waals surface area contributed by atoms with Gasteiger partial charge in [-0.15, -0.1) is 0 Å². The van der Waals surface area contributed by atoms with Gasteiger partial charge in [0.25, 0.3) is 5.91 Å². The number of aliphatic hydroxyl groups is 1. The molecule has 0 radical (unpaired) electrons. The summed E-state index contributed by atoms with van der Waals surface area (Å²) in [5.41, 5.74) is 0. The maximum atomic E-state index is 12.2. The summed E-state index contributed by atoms with van der Waals surface area (Å²) in [7, 11) is -0.548. The molecular formula is C15H21ClN2O5S. The quantitative estimate of drug-likeness (QED) is 0.778. The largest absolute Gasteiger partial charge is 0.484 e. The first-order chi connectivity index (χ1) is 11.2. The Hall–Kier alpha value is -1.35. The van der Waals surface area contributed by atoms with Crippen molar-refractivity contribution in [2.75, 3.05) is 39.5 Å². The average Bonchev–Trinajstić information content (AvgIpc) is 2.85. The molecule has 1 saturated heterocycles. The molecule has 0 aromatic heterocycles. The Labute approximate surface area is 146 Å². The number of rotatable bonds is 6. The summed E-state index contributed by atoms with van der Waals surface area (Å²) in [4.78, 5) is 13.6. The number of aliphatic hydroxyl groups excluding tert-OH is 1. The Morgan fingerprint density at radius 2 is 2.12 bits per heavy atom. The highest BCUT2D eigenvalue weighted by atomic mass is 35.5. The van der Waals surface area contributed by atoms with Gasteiger partial charge in [-0.2, -0.15) is 0 Å². The predicted octanol–water partition coefficient (Wildman–Crippen LogP) is 0.430. The Morgan fingerprint density at radius 1 is 1.42 bits per heavy atom. The molecule has 0 spiro atoms. The lowest BCUT2D eigenvalue weighted by atomic mass is 10.1. The standard InChI is InChI=1S/C15H21ClN2O5S/c1-17(2)24(21,22)10-11-7-18(8-14(11)19)15(20)9-23-13-5-3-4-12(16)6-13/h3-6,11,14,19H,7-10H2,1-2H3/t11-,14+/m0/s1. The van der Waals surface area contributed by atoms with Gasteiger partial charge < -0.3 is 14.7 Å². The predicted molar refractivity (Wildman–Crippen MR) is 90.5 cm³/mol. The molecule has 7 nitrogen and oxygen atoms in total. The summed E-state index contributed by atoms with van der Waals surface area (Å²) in [6.45, 7) is 0.0948. The first-order valence-electron chi connectivity index (χ1n) is 7.43. The summed E-state index contributed by atoms with van der Waals surface area (Å²) in [5.74, 6) is -0.534. The molecule has 0 unspecified atom stereocenters. The van der Waals surface area contributed by atoms with Gasteiger partial charge in [-0.1, -0.05) is 17.7 Å². The maximum absolute atomic E-state index is 12.2. The highest BCUT2D eigenvalue weighted by Crippen LogP contribution is 2.21. The fourth-order valence-corrected chi connectivity index (χ4v) is 3.78. The molecule has 1 aliphatic rings. The van der Waals surface area contributed by atoms with E-state index in [4.69, 9.17) is 16.3 Å². The second kappa shape index (κ2) is 7.69. The SMILES string of the molecule is CN(C)S(=O)(=O)C[C@@H]1CN(C(=O)COc2cccc(Cl)c2)C[C@H]1O. The highest BCUT2D eigenvalue weighted by Gasteiger charge is 2.37. The smallest absolute Gasteiger partial charge is 0.260 e. The van der Waals surface area contributed by atoms with Gasteiger partial charge in [0.05, 0.1) is 11.9 Å². The number of hydrogen-bond acceptors (Lipinski definition) is 5.